The predicted octanol–water partition coefficient (Wildman–Crippen LogP) is 1.67. The molecular formula is C10H11FO3. The summed E-state index contributed by atoms with van der Waals surface area (Å²) in [6.07, 6.45) is 0.0206. The molecular weight excluding hydrogens is 187 g/mol. The predicted molar refractivity (Wildman–Crippen MR) is 49.0 cm³/mol. The van der Waals surface area contributed by atoms with E-state index in [1.54, 1.807) is 0 Å². The Hall–Kier alpha value is -1.58. The van der Waals surface area contributed by atoms with Crippen LogP contribution in [0.3, 0.4) is 0 Å². The van der Waals surface area contributed by atoms with Crippen LogP contribution in [-0.4, -0.2) is 18.0 Å². The minimum atomic E-state index is -0.828. The van der Waals surface area contributed by atoms with Crippen molar-refractivity contribution in [2.24, 2.45) is 0 Å². The number of benzene rings is 1. The van der Waals surface area contributed by atoms with E-state index in [0.29, 0.717) is 0 Å². The van der Waals surface area contributed by atoms with E-state index < -0.39 is 11.6 Å². The second kappa shape index (κ2) is 4.09. The highest BCUT2D eigenvalue weighted by Crippen LogP contribution is 2.29. The summed E-state index contributed by atoms with van der Waals surface area (Å²) in [5.41, 5.74) is 0.274. The number of phenols is 1. The summed E-state index contributed by atoms with van der Waals surface area (Å²) in [7, 11) is 1.31. The molecule has 0 amide bonds. The van der Waals surface area contributed by atoms with Gasteiger partial charge in [-0.2, -0.15) is 4.39 Å². The number of phenolic OH excluding ortho intramolecular Hbond substituents is 1. The smallest absolute Gasteiger partial charge is 0.206 e. The molecule has 0 spiro atoms. The molecule has 0 radical (unpaired) electrons. The first-order chi connectivity index (χ1) is 6.56. The van der Waals surface area contributed by atoms with Gasteiger partial charge in [0, 0.05) is 12.0 Å². The van der Waals surface area contributed by atoms with E-state index in [9.17, 15) is 14.3 Å². The zero-order chi connectivity index (χ0) is 10.7. The summed E-state index contributed by atoms with van der Waals surface area (Å²) in [5.74, 6) is -1.51. The number of ether oxygens (including phenoxy) is 1. The third-order valence-electron chi connectivity index (χ3n) is 1.82. The highest BCUT2D eigenvalue weighted by atomic mass is 19.1. The monoisotopic (exact) mass is 198 g/mol. The molecule has 0 saturated heterocycles. The van der Waals surface area contributed by atoms with Gasteiger partial charge < -0.3 is 9.84 Å². The van der Waals surface area contributed by atoms with Crippen molar-refractivity contribution in [2.45, 2.75) is 13.3 Å². The first kappa shape index (κ1) is 10.5. The summed E-state index contributed by atoms with van der Waals surface area (Å²) in [6.45, 7) is 1.38. The van der Waals surface area contributed by atoms with Crippen molar-refractivity contribution in [1.29, 1.82) is 0 Å². The molecule has 14 heavy (non-hydrogen) atoms. The normalized spacial score (nSPS) is 9.93. The maximum Gasteiger partial charge on any atom is 0.206 e. The molecule has 1 aromatic rings. The fourth-order valence-corrected chi connectivity index (χ4v) is 1.15. The zero-order valence-electron chi connectivity index (χ0n) is 8.00. The molecule has 0 fully saturated rings. The van der Waals surface area contributed by atoms with E-state index in [0.717, 1.165) is 0 Å². The minimum absolute atomic E-state index is 0.0206. The Morgan fingerprint density at radius 2 is 2.21 bits per heavy atom. The summed E-state index contributed by atoms with van der Waals surface area (Å²) in [4.78, 5) is 10.8. The van der Waals surface area contributed by atoms with E-state index in [2.05, 4.69) is 4.74 Å². The van der Waals surface area contributed by atoms with Crippen LogP contribution in [0.1, 0.15) is 12.5 Å². The number of carbonyl (C=O) groups excluding carboxylic acids is 1. The van der Waals surface area contributed by atoms with E-state index >= 15 is 0 Å². The van der Waals surface area contributed by atoms with Gasteiger partial charge >= 0.3 is 0 Å². The molecule has 1 rings (SSSR count). The Morgan fingerprint density at radius 3 is 2.71 bits per heavy atom. The van der Waals surface area contributed by atoms with Gasteiger partial charge in [-0.15, -0.1) is 0 Å². The second-order valence-electron chi connectivity index (χ2n) is 2.97. The van der Waals surface area contributed by atoms with Crippen LogP contribution >= 0.6 is 0 Å². The van der Waals surface area contributed by atoms with E-state index in [1.165, 1.54) is 26.2 Å². The average Bonchev–Trinajstić information content (AvgIpc) is 2.13. The molecule has 0 aliphatic carbocycles. The summed E-state index contributed by atoms with van der Waals surface area (Å²) in [5, 5.41) is 9.35. The first-order valence-corrected chi connectivity index (χ1v) is 4.10. The van der Waals surface area contributed by atoms with Crippen molar-refractivity contribution in [3.8, 4) is 11.5 Å². The van der Waals surface area contributed by atoms with E-state index in [-0.39, 0.29) is 23.5 Å². The third kappa shape index (κ3) is 2.02. The van der Waals surface area contributed by atoms with Gasteiger partial charge in [0.05, 0.1) is 7.11 Å². The quantitative estimate of drug-likeness (QED) is 0.803. The topological polar surface area (TPSA) is 46.5 Å². The largest absolute Gasteiger partial charge is 0.505 e. The van der Waals surface area contributed by atoms with E-state index in [1.807, 2.05) is 0 Å². The number of rotatable bonds is 3. The molecule has 0 unspecified atom stereocenters. The maximum atomic E-state index is 13.2. The SMILES string of the molecule is COc1ccc(CC(C)=O)c(O)c1F. The molecule has 1 N–H and O–H groups in total. The molecule has 4 heteroatoms. The molecule has 3 nitrogen and oxygen atoms in total. The number of methoxy groups -OCH3 is 1. The van der Waals surface area contributed by atoms with Gasteiger partial charge in [-0.3, -0.25) is 4.79 Å². The van der Waals surface area contributed by atoms with Crippen LogP contribution in [0.2, 0.25) is 0 Å². The first-order valence-electron chi connectivity index (χ1n) is 4.10. The number of hydrogen-bond acceptors (Lipinski definition) is 3. The van der Waals surface area contributed by atoms with Crippen molar-refractivity contribution in [3.05, 3.63) is 23.5 Å². The Balaban J connectivity index is 3.10. The van der Waals surface area contributed by atoms with Crippen LogP contribution in [0.25, 0.3) is 0 Å². The van der Waals surface area contributed by atoms with Crippen LogP contribution in [0.15, 0.2) is 12.1 Å². The summed E-state index contributed by atoms with van der Waals surface area (Å²) in [6, 6.07) is 2.85. The Kier molecular flexibility index (Phi) is 3.06. The Morgan fingerprint density at radius 1 is 1.57 bits per heavy atom. The van der Waals surface area contributed by atoms with Crippen LogP contribution in [0.5, 0.6) is 11.5 Å². The average molecular weight is 198 g/mol. The van der Waals surface area contributed by atoms with Gasteiger partial charge in [0.15, 0.2) is 11.5 Å². The lowest BCUT2D eigenvalue weighted by atomic mass is 10.1. The van der Waals surface area contributed by atoms with Gasteiger partial charge in [-0.1, -0.05) is 6.07 Å². The number of ketones is 1. The van der Waals surface area contributed by atoms with Crippen molar-refractivity contribution in [2.75, 3.05) is 7.11 Å². The molecule has 0 atom stereocenters. The summed E-state index contributed by atoms with van der Waals surface area (Å²) < 4.78 is 17.9. The van der Waals surface area contributed by atoms with Crippen LogP contribution in [0.4, 0.5) is 4.39 Å². The fourth-order valence-electron chi connectivity index (χ4n) is 1.15. The molecule has 0 heterocycles. The van der Waals surface area contributed by atoms with Crippen LogP contribution in [0, 0.1) is 5.82 Å². The molecule has 76 valence electrons. The van der Waals surface area contributed by atoms with Gasteiger partial charge in [-0.25, -0.2) is 0 Å². The zero-order valence-corrected chi connectivity index (χ0v) is 8.00. The lowest BCUT2D eigenvalue weighted by Gasteiger charge is -2.07. The lowest BCUT2D eigenvalue weighted by molar-refractivity contribution is -0.116. The number of carbonyl (C=O) groups is 1. The van der Waals surface area contributed by atoms with Crippen molar-refractivity contribution in [3.63, 3.8) is 0 Å². The Bertz CT molecular complexity index is 361. The number of aromatic hydroxyl groups is 1. The van der Waals surface area contributed by atoms with Gasteiger partial charge in [0.2, 0.25) is 5.82 Å². The van der Waals surface area contributed by atoms with Gasteiger partial charge in [0.1, 0.15) is 5.78 Å². The number of Topliss-reactive ketones (excluding diaryl/α,β-unsaturated/α-hetero) is 1. The maximum absolute atomic E-state index is 13.2. The minimum Gasteiger partial charge on any atom is -0.505 e. The third-order valence-corrected chi connectivity index (χ3v) is 1.82. The molecule has 0 bridgehead atoms. The fraction of sp³-hybridized carbons (Fsp3) is 0.300. The highest BCUT2D eigenvalue weighted by molar-refractivity contribution is 5.79. The molecule has 1 aromatic carbocycles. The summed E-state index contributed by atoms with van der Waals surface area (Å²) >= 11 is 0. The van der Waals surface area contributed by atoms with Crippen LogP contribution < -0.4 is 4.74 Å². The van der Waals surface area contributed by atoms with Crippen molar-refractivity contribution in [1.82, 2.24) is 0 Å². The molecule has 0 aromatic heterocycles. The van der Waals surface area contributed by atoms with Crippen molar-refractivity contribution >= 4 is 5.78 Å². The molecule has 0 aliphatic rings. The van der Waals surface area contributed by atoms with Gasteiger partial charge in [0.25, 0.3) is 0 Å². The standard InChI is InChI=1S/C10H11FO3/c1-6(12)5-7-3-4-8(14-2)9(11)10(7)13/h3-4,13H,5H2,1-2H3. The second-order valence-corrected chi connectivity index (χ2v) is 2.97. The molecule has 0 saturated carbocycles. The molecule has 0 aliphatic heterocycles. The van der Waals surface area contributed by atoms with Gasteiger partial charge in [-0.05, 0) is 13.0 Å². The van der Waals surface area contributed by atoms with Crippen molar-refractivity contribution < 1.29 is 19.0 Å². The van der Waals surface area contributed by atoms with Crippen LogP contribution in [-0.2, 0) is 11.2 Å². The Labute approximate surface area is 81.1 Å². The van der Waals surface area contributed by atoms with E-state index in [4.69, 9.17) is 0 Å². The highest BCUT2D eigenvalue weighted by Gasteiger charge is 2.13. The lowest BCUT2D eigenvalue weighted by Crippen LogP contribution is -1.99. The number of halogens is 1. The number of hydrogen-bond donors (Lipinski definition) is 1.